The van der Waals surface area contributed by atoms with Gasteiger partial charge in [0.2, 0.25) is 10.0 Å². The van der Waals surface area contributed by atoms with E-state index in [1.807, 2.05) is 10.8 Å². The van der Waals surface area contributed by atoms with E-state index in [1.54, 1.807) is 42.5 Å². The van der Waals surface area contributed by atoms with Gasteiger partial charge < -0.3 is 4.74 Å². The van der Waals surface area contributed by atoms with Crippen LogP contribution in [0.1, 0.15) is 28.4 Å². The Morgan fingerprint density at radius 3 is 2.54 bits per heavy atom. The highest BCUT2D eigenvalue weighted by Crippen LogP contribution is 2.14. The molecule has 0 radical (unpaired) electrons. The van der Waals surface area contributed by atoms with Crippen molar-refractivity contribution in [1.29, 1.82) is 5.26 Å². The number of nitriles is 1. The molecule has 0 saturated heterocycles. The molecule has 2 aromatic rings. The van der Waals surface area contributed by atoms with Gasteiger partial charge in [0.1, 0.15) is 12.4 Å². The van der Waals surface area contributed by atoms with Gasteiger partial charge in [-0.25, -0.2) is 13.1 Å². The van der Waals surface area contributed by atoms with Crippen molar-refractivity contribution in [2.75, 3.05) is 5.75 Å². The second kappa shape index (κ2) is 7.62. The van der Waals surface area contributed by atoms with E-state index >= 15 is 0 Å². The molecule has 24 heavy (non-hydrogen) atoms. The van der Waals surface area contributed by atoms with Crippen LogP contribution in [0.4, 0.5) is 0 Å². The van der Waals surface area contributed by atoms with Crippen molar-refractivity contribution in [3.8, 4) is 11.8 Å². The molecule has 0 heterocycles. The van der Waals surface area contributed by atoms with E-state index in [9.17, 15) is 13.2 Å². The van der Waals surface area contributed by atoms with Crippen LogP contribution in [0.5, 0.6) is 5.75 Å². The molecular formula is C17H16N2O4S. The van der Waals surface area contributed by atoms with E-state index in [2.05, 4.69) is 0 Å². The minimum Gasteiger partial charge on any atom is -0.489 e. The number of sulfonamides is 1. The molecule has 0 unspecified atom stereocenters. The molecule has 0 atom stereocenters. The van der Waals surface area contributed by atoms with Crippen LogP contribution >= 0.6 is 0 Å². The fraction of sp³-hybridized carbons (Fsp3) is 0.176. The number of carbonyl (C=O) groups excluding carboxylic acids is 1. The maximum Gasteiger partial charge on any atom is 0.264 e. The number of nitrogens with one attached hydrogen (secondary N) is 1. The van der Waals surface area contributed by atoms with Crippen LogP contribution in [0.3, 0.4) is 0 Å². The first kappa shape index (κ1) is 17.5. The average Bonchev–Trinajstić information content (AvgIpc) is 2.60. The molecule has 0 aliphatic carbocycles. The van der Waals surface area contributed by atoms with Gasteiger partial charge in [0.25, 0.3) is 5.91 Å². The largest absolute Gasteiger partial charge is 0.489 e. The molecule has 0 aliphatic rings. The van der Waals surface area contributed by atoms with E-state index in [0.717, 1.165) is 5.56 Å². The number of rotatable bonds is 6. The Kier molecular flexibility index (Phi) is 5.55. The number of ether oxygens (including phenoxy) is 1. The summed E-state index contributed by atoms with van der Waals surface area (Å²) in [6, 6.07) is 15.2. The summed E-state index contributed by atoms with van der Waals surface area (Å²) in [4.78, 5) is 12.0. The molecule has 1 N–H and O–H groups in total. The summed E-state index contributed by atoms with van der Waals surface area (Å²) >= 11 is 0. The number of carbonyl (C=O) groups is 1. The minimum atomic E-state index is -3.60. The Morgan fingerprint density at radius 1 is 1.21 bits per heavy atom. The third-order valence-electron chi connectivity index (χ3n) is 3.21. The Hall–Kier alpha value is -2.85. The molecule has 2 rings (SSSR count). The molecule has 1 amide bonds. The van der Waals surface area contributed by atoms with Crippen molar-refractivity contribution >= 4 is 15.9 Å². The summed E-state index contributed by atoms with van der Waals surface area (Å²) in [6.07, 6.45) is 0. The lowest BCUT2D eigenvalue weighted by Gasteiger charge is -2.08. The maximum absolute atomic E-state index is 12.0. The molecule has 2 aromatic carbocycles. The van der Waals surface area contributed by atoms with Crippen LogP contribution in [0, 0.1) is 11.3 Å². The molecule has 0 saturated carbocycles. The second-order valence-electron chi connectivity index (χ2n) is 4.96. The standard InChI is InChI=1S/C17H16N2O4S/c1-2-24(21,22)19-17(20)15-5-3-4-14(10-15)12-23-16-8-6-13(11-18)7-9-16/h3-10H,2,12H2,1H3,(H,19,20). The van der Waals surface area contributed by atoms with E-state index < -0.39 is 15.9 Å². The molecule has 0 aliphatic heterocycles. The fourth-order valence-electron chi connectivity index (χ4n) is 1.87. The fourth-order valence-corrected chi connectivity index (χ4v) is 2.41. The summed E-state index contributed by atoms with van der Waals surface area (Å²) < 4.78 is 30.5. The van der Waals surface area contributed by atoms with E-state index in [1.165, 1.54) is 13.0 Å². The normalized spacial score (nSPS) is 10.7. The molecule has 124 valence electrons. The van der Waals surface area contributed by atoms with Gasteiger partial charge >= 0.3 is 0 Å². The number of hydrogen-bond acceptors (Lipinski definition) is 5. The van der Waals surface area contributed by atoms with Crippen molar-refractivity contribution in [3.05, 3.63) is 65.2 Å². The number of amides is 1. The monoisotopic (exact) mass is 344 g/mol. The number of benzene rings is 2. The average molecular weight is 344 g/mol. The zero-order valence-electron chi connectivity index (χ0n) is 13.0. The van der Waals surface area contributed by atoms with Gasteiger partial charge in [0.05, 0.1) is 17.4 Å². The lowest BCUT2D eigenvalue weighted by atomic mass is 10.1. The van der Waals surface area contributed by atoms with Gasteiger partial charge in [-0.1, -0.05) is 12.1 Å². The molecule has 7 heteroatoms. The Labute approximate surface area is 140 Å². The summed E-state index contributed by atoms with van der Waals surface area (Å²) in [7, 11) is -3.60. The van der Waals surface area contributed by atoms with E-state index in [4.69, 9.17) is 10.00 Å². The maximum atomic E-state index is 12.0. The molecular weight excluding hydrogens is 328 g/mol. The van der Waals surface area contributed by atoms with Crippen LogP contribution in [0.2, 0.25) is 0 Å². The lowest BCUT2D eigenvalue weighted by Crippen LogP contribution is -2.31. The highest BCUT2D eigenvalue weighted by Gasteiger charge is 2.14. The summed E-state index contributed by atoms with van der Waals surface area (Å²) in [5.74, 6) is -0.241. The zero-order chi connectivity index (χ0) is 17.6. The van der Waals surface area contributed by atoms with E-state index in [0.29, 0.717) is 11.3 Å². The molecule has 0 bridgehead atoms. The van der Waals surface area contributed by atoms with E-state index in [-0.39, 0.29) is 17.9 Å². The van der Waals surface area contributed by atoms with Crippen molar-refractivity contribution in [2.45, 2.75) is 13.5 Å². The van der Waals surface area contributed by atoms with Crippen LogP contribution in [-0.2, 0) is 16.6 Å². The Morgan fingerprint density at radius 2 is 1.92 bits per heavy atom. The van der Waals surface area contributed by atoms with Gasteiger partial charge in [0.15, 0.2) is 0 Å². The first-order valence-electron chi connectivity index (χ1n) is 7.20. The number of hydrogen-bond donors (Lipinski definition) is 1. The zero-order valence-corrected chi connectivity index (χ0v) is 13.8. The second-order valence-corrected chi connectivity index (χ2v) is 6.97. The first-order chi connectivity index (χ1) is 11.4. The third-order valence-corrected chi connectivity index (χ3v) is 4.46. The van der Waals surface area contributed by atoms with Crippen molar-refractivity contribution < 1.29 is 17.9 Å². The lowest BCUT2D eigenvalue weighted by molar-refractivity contribution is 0.0981. The summed E-state index contributed by atoms with van der Waals surface area (Å²) in [5, 5.41) is 8.75. The van der Waals surface area contributed by atoms with Gasteiger partial charge in [-0.15, -0.1) is 0 Å². The summed E-state index contributed by atoms with van der Waals surface area (Å²) in [6.45, 7) is 1.67. The predicted octanol–water partition coefficient (Wildman–Crippen LogP) is 2.22. The SMILES string of the molecule is CCS(=O)(=O)NC(=O)c1cccc(COc2ccc(C#N)cc2)c1. The highest BCUT2D eigenvalue weighted by atomic mass is 32.2. The highest BCUT2D eigenvalue weighted by molar-refractivity contribution is 7.90. The minimum absolute atomic E-state index is 0.166. The van der Waals surface area contributed by atoms with Crippen molar-refractivity contribution in [2.24, 2.45) is 0 Å². The van der Waals surface area contributed by atoms with Gasteiger partial charge in [0, 0.05) is 5.56 Å². The number of nitrogens with zero attached hydrogens (tertiary/aromatic N) is 1. The van der Waals surface area contributed by atoms with Gasteiger partial charge in [-0.05, 0) is 48.9 Å². The third kappa shape index (κ3) is 4.83. The molecule has 6 nitrogen and oxygen atoms in total. The smallest absolute Gasteiger partial charge is 0.264 e. The summed E-state index contributed by atoms with van der Waals surface area (Å²) in [5.41, 5.74) is 1.51. The Bertz CT molecular complexity index is 868. The van der Waals surface area contributed by atoms with Crippen LogP contribution in [-0.4, -0.2) is 20.1 Å². The van der Waals surface area contributed by atoms with Crippen molar-refractivity contribution in [1.82, 2.24) is 4.72 Å². The topological polar surface area (TPSA) is 96.3 Å². The molecule has 0 spiro atoms. The Balaban J connectivity index is 2.04. The molecule has 0 aromatic heterocycles. The van der Waals surface area contributed by atoms with Crippen LogP contribution < -0.4 is 9.46 Å². The van der Waals surface area contributed by atoms with Crippen LogP contribution in [0.25, 0.3) is 0 Å². The van der Waals surface area contributed by atoms with Crippen molar-refractivity contribution in [3.63, 3.8) is 0 Å². The van der Waals surface area contributed by atoms with Crippen LogP contribution in [0.15, 0.2) is 48.5 Å². The quantitative estimate of drug-likeness (QED) is 0.867. The predicted molar refractivity (Wildman–Crippen MR) is 88.9 cm³/mol. The van der Waals surface area contributed by atoms with Gasteiger partial charge in [-0.3, -0.25) is 4.79 Å². The first-order valence-corrected chi connectivity index (χ1v) is 8.85. The molecule has 0 fully saturated rings. The van der Waals surface area contributed by atoms with Gasteiger partial charge in [-0.2, -0.15) is 5.26 Å².